The number of carbonyl (C=O) groups excluding carboxylic acids is 2. The van der Waals surface area contributed by atoms with E-state index in [0.717, 1.165) is 12.8 Å². The largest absolute Gasteiger partial charge is 0.444 e. The lowest BCUT2D eigenvalue weighted by Crippen LogP contribution is -2.51. The van der Waals surface area contributed by atoms with Gasteiger partial charge in [-0.1, -0.05) is 0 Å². The maximum Gasteiger partial charge on any atom is 0.410 e. The van der Waals surface area contributed by atoms with Gasteiger partial charge in [0.25, 0.3) is 0 Å². The molecule has 2 rings (SSSR count). The number of likely N-dealkylation sites (tertiary alicyclic amines) is 1. The van der Waals surface area contributed by atoms with Crippen LogP contribution >= 0.6 is 0 Å². The minimum absolute atomic E-state index is 0.0247. The zero-order chi connectivity index (χ0) is 14.8. The highest BCUT2D eigenvalue weighted by Gasteiger charge is 2.38. The molecule has 2 amide bonds. The van der Waals surface area contributed by atoms with Crippen LogP contribution in [0, 0.1) is 0 Å². The standard InChI is InChI=1S/C14H24N2O4/c1-14(2,3)20-13(18)16-6-4-5-11(16)12(17)15-7-9-19-10-8-15/h11H,4-10H2,1-3H3. The van der Waals surface area contributed by atoms with Crippen LogP contribution in [0.15, 0.2) is 0 Å². The van der Waals surface area contributed by atoms with Crippen molar-refractivity contribution >= 4 is 12.0 Å². The topological polar surface area (TPSA) is 59.1 Å². The van der Waals surface area contributed by atoms with Gasteiger partial charge in [0.1, 0.15) is 11.6 Å². The van der Waals surface area contributed by atoms with E-state index >= 15 is 0 Å². The smallest absolute Gasteiger partial charge is 0.410 e. The van der Waals surface area contributed by atoms with Crippen molar-refractivity contribution in [2.75, 3.05) is 32.8 Å². The third-order valence-electron chi connectivity index (χ3n) is 3.49. The van der Waals surface area contributed by atoms with Gasteiger partial charge >= 0.3 is 6.09 Å². The summed E-state index contributed by atoms with van der Waals surface area (Å²) in [4.78, 5) is 28.0. The van der Waals surface area contributed by atoms with Crippen LogP contribution in [0.1, 0.15) is 33.6 Å². The van der Waals surface area contributed by atoms with Gasteiger partial charge in [-0.15, -0.1) is 0 Å². The van der Waals surface area contributed by atoms with Crippen LogP contribution in [0.3, 0.4) is 0 Å². The highest BCUT2D eigenvalue weighted by molar-refractivity contribution is 5.86. The Hall–Kier alpha value is -1.30. The van der Waals surface area contributed by atoms with Gasteiger partial charge in [-0.2, -0.15) is 0 Å². The van der Waals surface area contributed by atoms with Gasteiger partial charge in [0.15, 0.2) is 0 Å². The number of ether oxygens (including phenoxy) is 2. The van der Waals surface area contributed by atoms with Crippen LogP contribution in [-0.4, -0.2) is 66.3 Å². The molecule has 0 aromatic carbocycles. The predicted molar refractivity (Wildman–Crippen MR) is 73.4 cm³/mol. The van der Waals surface area contributed by atoms with Crippen LogP contribution in [0.4, 0.5) is 4.79 Å². The Kier molecular flexibility index (Phi) is 4.52. The summed E-state index contributed by atoms with van der Waals surface area (Å²) in [7, 11) is 0. The summed E-state index contributed by atoms with van der Waals surface area (Å²) in [6.07, 6.45) is 1.18. The quantitative estimate of drug-likeness (QED) is 0.727. The monoisotopic (exact) mass is 284 g/mol. The Bertz CT molecular complexity index is 372. The van der Waals surface area contributed by atoms with Gasteiger partial charge in [-0.05, 0) is 33.6 Å². The van der Waals surface area contributed by atoms with Crippen molar-refractivity contribution in [1.29, 1.82) is 0 Å². The first-order valence-corrected chi connectivity index (χ1v) is 7.24. The van der Waals surface area contributed by atoms with Crippen LogP contribution < -0.4 is 0 Å². The van der Waals surface area contributed by atoms with Crippen molar-refractivity contribution in [3.8, 4) is 0 Å². The molecule has 1 atom stereocenters. The third kappa shape index (κ3) is 3.62. The molecule has 1 unspecified atom stereocenters. The van der Waals surface area contributed by atoms with Crippen molar-refractivity contribution in [3.05, 3.63) is 0 Å². The number of carbonyl (C=O) groups is 2. The molecule has 2 heterocycles. The fourth-order valence-electron chi connectivity index (χ4n) is 2.56. The highest BCUT2D eigenvalue weighted by atomic mass is 16.6. The van der Waals surface area contributed by atoms with E-state index in [2.05, 4.69) is 0 Å². The summed E-state index contributed by atoms with van der Waals surface area (Å²) >= 11 is 0. The van der Waals surface area contributed by atoms with E-state index in [1.807, 2.05) is 20.8 Å². The molecule has 0 N–H and O–H groups in total. The van der Waals surface area contributed by atoms with Gasteiger partial charge in [0.05, 0.1) is 13.2 Å². The minimum Gasteiger partial charge on any atom is -0.444 e. The Morgan fingerprint density at radius 1 is 1.15 bits per heavy atom. The summed E-state index contributed by atoms with van der Waals surface area (Å²) in [5, 5.41) is 0. The molecule has 6 heteroatoms. The van der Waals surface area contributed by atoms with E-state index in [1.165, 1.54) is 0 Å². The molecule has 20 heavy (non-hydrogen) atoms. The van der Waals surface area contributed by atoms with Gasteiger partial charge in [0.2, 0.25) is 5.91 Å². The van der Waals surface area contributed by atoms with Crippen molar-refractivity contribution in [3.63, 3.8) is 0 Å². The van der Waals surface area contributed by atoms with E-state index in [9.17, 15) is 9.59 Å². The van der Waals surface area contributed by atoms with Crippen molar-refractivity contribution in [1.82, 2.24) is 9.80 Å². The van der Waals surface area contributed by atoms with Crippen molar-refractivity contribution < 1.29 is 19.1 Å². The van der Waals surface area contributed by atoms with E-state index in [0.29, 0.717) is 32.8 Å². The van der Waals surface area contributed by atoms with E-state index in [-0.39, 0.29) is 18.0 Å². The second-order valence-corrected chi connectivity index (χ2v) is 6.27. The molecule has 2 saturated heterocycles. The second kappa shape index (κ2) is 5.99. The predicted octanol–water partition coefficient (Wildman–Crippen LogP) is 1.24. The maximum absolute atomic E-state index is 12.5. The number of amides is 2. The average molecular weight is 284 g/mol. The third-order valence-corrected chi connectivity index (χ3v) is 3.49. The summed E-state index contributed by atoms with van der Waals surface area (Å²) in [5.74, 6) is 0.0247. The number of nitrogens with zero attached hydrogens (tertiary/aromatic N) is 2. The molecule has 0 spiro atoms. The lowest BCUT2D eigenvalue weighted by molar-refractivity contribution is -0.140. The van der Waals surface area contributed by atoms with Crippen molar-refractivity contribution in [2.24, 2.45) is 0 Å². The Morgan fingerprint density at radius 3 is 2.40 bits per heavy atom. The molecule has 0 radical (unpaired) electrons. The summed E-state index contributed by atoms with van der Waals surface area (Å²) in [6, 6.07) is -0.372. The van der Waals surface area contributed by atoms with Gasteiger partial charge < -0.3 is 14.4 Å². The molecule has 2 aliphatic heterocycles. The fourth-order valence-corrected chi connectivity index (χ4v) is 2.56. The lowest BCUT2D eigenvalue weighted by Gasteiger charge is -2.33. The van der Waals surface area contributed by atoms with Gasteiger partial charge in [-0.3, -0.25) is 9.69 Å². The molecule has 0 aliphatic carbocycles. The number of rotatable bonds is 1. The molecule has 0 bridgehead atoms. The van der Waals surface area contributed by atoms with Crippen LogP contribution in [-0.2, 0) is 14.3 Å². The normalized spacial score (nSPS) is 23.9. The first-order valence-electron chi connectivity index (χ1n) is 7.24. The molecule has 2 fully saturated rings. The molecule has 0 aromatic heterocycles. The summed E-state index contributed by atoms with van der Waals surface area (Å²) in [6.45, 7) is 8.46. The SMILES string of the molecule is CC(C)(C)OC(=O)N1CCCC1C(=O)N1CCOCC1. The lowest BCUT2D eigenvalue weighted by atomic mass is 10.2. The first kappa shape index (κ1) is 15.1. The van der Waals surface area contributed by atoms with Gasteiger partial charge in [0, 0.05) is 19.6 Å². The van der Waals surface area contributed by atoms with Crippen LogP contribution in [0.25, 0.3) is 0 Å². The molecule has 0 saturated carbocycles. The summed E-state index contributed by atoms with van der Waals surface area (Å²) in [5.41, 5.74) is -0.535. The number of hydrogen-bond donors (Lipinski definition) is 0. The first-order chi connectivity index (χ1) is 9.38. The van der Waals surface area contributed by atoms with Crippen LogP contribution in [0.5, 0.6) is 0 Å². The minimum atomic E-state index is -0.535. The molecule has 6 nitrogen and oxygen atoms in total. The van der Waals surface area contributed by atoms with E-state index in [4.69, 9.17) is 9.47 Å². The van der Waals surface area contributed by atoms with Gasteiger partial charge in [-0.25, -0.2) is 4.79 Å². The summed E-state index contributed by atoms with van der Waals surface area (Å²) < 4.78 is 10.6. The van der Waals surface area contributed by atoms with Crippen LogP contribution in [0.2, 0.25) is 0 Å². The zero-order valence-corrected chi connectivity index (χ0v) is 12.6. The number of morpholine rings is 1. The van der Waals surface area contributed by atoms with E-state index in [1.54, 1.807) is 9.80 Å². The Morgan fingerprint density at radius 2 is 1.80 bits per heavy atom. The Labute approximate surface area is 120 Å². The fraction of sp³-hybridized carbons (Fsp3) is 0.857. The number of hydrogen-bond acceptors (Lipinski definition) is 4. The van der Waals surface area contributed by atoms with E-state index < -0.39 is 5.60 Å². The zero-order valence-electron chi connectivity index (χ0n) is 12.6. The molecule has 2 aliphatic rings. The second-order valence-electron chi connectivity index (χ2n) is 6.27. The molecule has 0 aromatic rings. The highest BCUT2D eigenvalue weighted by Crippen LogP contribution is 2.22. The molecule has 114 valence electrons. The molecular weight excluding hydrogens is 260 g/mol. The molecular formula is C14H24N2O4. The van der Waals surface area contributed by atoms with Crippen molar-refractivity contribution in [2.45, 2.75) is 45.3 Å². The Balaban J connectivity index is 1.99. The maximum atomic E-state index is 12.5. The average Bonchev–Trinajstić information content (AvgIpc) is 2.86.